The van der Waals surface area contributed by atoms with Crippen LogP contribution in [0.25, 0.3) is 16.9 Å². The van der Waals surface area contributed by atoms with E-state index in [4.69, 9.17) is 9.72 Å². The highest BCUT2D eigenvalue weighted by atomic mass is 19.1. The molecule has 0 spiro atoms. The van der Waals surface area contributed by atoms with Crippen molar-refractivity contribution in [2.45, 2.75) is 6.42 Å². The minimum atomic E-state index is -0.488. The number of hydrogen-bond donors (Lipinski definition) is 0. The minimum absolute atomic E-state index is 0.0772. The Morgan fingerprint density at radius 1 is 1.17 bits per heavy atom. The van der Waals surface area contributed by atoms with Gasteiger partial charge in [-0.1, -0.05) is 12.1 Å². The third-order valence-corrected chi connectivity index (χ3v) is 4.14. The summed E-state index contributed by atoms with van der Waals surface area (Å²) in [5.74, 6) is 0.665. The van der Waals surface area contributed by atoms with Crippen LogP contribution in [0.2, 0.25) is 0 Å². The first kappa shape index (κ1) is 14.1. The minimum Gasteiger partial charge on any atom is -0.491 e. The van der Waals surface area contributed by atoms with E-state index in [1.54, 1.807) is 0 Å². The van der Waals surface area contributed by atoms with Crippen LogP contribution in [-0.4, -0.2) is 35.8 Å². The Balaban J connectivity index is 1.65. The van der Waals surface area contributed by atoms with Crippen LogP contribution >= 0.6 is 0 Å². The van der Waals surface area contributed by atoms with Gasteiger partial charge in [-0.3, -0.25) is 0 Å². The van der Waals surface area contributed by atoms with Crippen LogP contribution in [-0.2, 0) is 0 Å². The molecule has 0 aliphatic carbocycles. The van der Waals surface area contributed by atoms with Gasteiger partial charge in [-0.05, 0) is 24.6 Å². The monoisotopic (exact) mass is 311 g/mol. The summed E-state index contributed by atoms with van der Waals surface area (Å²) in [6.45, 7) is 1.83. The molecule has 2 aromatic heterocycles. The Hall–Kier alpha value is -2.56. The number of alkyl halides is 1. The number of aromatic nitrogens is 2. The summed E-state index contributed by atoms with van der Waals surface area (Å²) >= 11 is 0. The molecule has 1 aliphatic heterocycles. The van der Waals surface area contributed by atoms with Crippen molar-refractivity contribution in [2.24, 2.45) is 0 Å². The molecule has 0 bridgehead atoms. The van der Waals surface area contributed by atoms with Crippen molar-refractivity contribution < 1.29 is 9.13 Å². The van der Waals surface area contributed by atoms with Crippen LogP contribution in [0.4, 0.5) is 10.1 Å². The summed E-state index contributed by atoms with van der Waals surface area (Å²) < 4.78 is 19.6. The fourth-order valence-corrected chi connectivity index (χ4v) is 2.78. The van der Waals surface area contributed by atoms with Crippen LogP contribution in [0.1, 0.15) is 6.42 Å². The van der Waals surface area contributed by atoms with Gasteiger partial charge in [0.05, 0.1) is 5.69 Å². The number of ether oxygens (including phenoxy) is 1. The van der Waals surface area contributed by atoms with Gasteiger partial charge >= 0.3 is 0 Å². The molecular formula is C18H18FN3O. The predicted molar refractivity (Wildman–Crippen MR) is 88.9 cm³/mol. The number of rotatable bonds is 5. The van der Waals surface area contributed by atoms with E-state index in [0.717, 1.165) is 30.0 Å². The fourth-order valence-electron chi connectivity index (χ4n) is 2.78. The van der Waals surface area contributed by atoms with E-state index in [-0.39, 0.29) is 6.61 Å². The predicted octanol–water partition coefficient (Wildman–Crippen LogP) is 3.56. The molecule has 1 aromatic carbocycles. The lowest BCUT2D eigenvalue weighted by Gasteiger charge is -2.33. The van der Waals surface area contributed by atoms with E-state index in [2.05, 4.69) is 17.0 Å². The van der Waals surface area contributed by atoms with Gasteiger partial charge < -0.3 is 14.0 Å². The second-order valence-electron chi connectivity index (χ2n) is 5.68. The molecule has 5 heteroatoms. The van der Waals surface area contributed by atoms with Crippen LogP contribution in [0.15, 0.2) is 48.8 Å². The Bertz CT molecular complexity index is 826. The summed E-state index contributed by atoms with van der Waals surface area (Å²) in [5, 5.41) is 0. The third kappa shape index (κ3) is 2.74. The van der Waals surface area contributed by atoms with Crippen molar-refractivity contribution in [3.8, 4) is 17.0 Å². The normalized spacial score (nSPS) is 14.0. The van der Waals surface area contributed by atoms with Crippen LogP contribution in [0.5, 0.6) is 5.75 Å². The molecule has 1 aliphatic rings. The average Bonchev–Trinajstić information content (AvgIpc) is 2.95. The summed E-state index contributed by atoms with van der Waals surface area (Å²) in [5.41, 5.74) is 4.01. The molecule has 0 unspecified atom stereocenters. The molecule has 1 saturated heterocycles. The lowest BCUT2D eigenvalue weighted by Crippen LogP contribution is -2.36. The smallest absolute Gasteiger partial charge is 0.139 e. The van der Waals surface area contributed by atoms with Crippen LogP contribution < -0.4 is 9.64 Å². The largest absolute Gasteiger partial charge is 0.491 e. The SMILES string of the molecule is FCCOc1cccc(-c2cn3ccc(N4CCC4)cc3n2)c1. The highest BCUT2D eigenvalue weighted by Crippen LogP contribution is 2.26. The molecular weight excluding hydrogens is 293 g/mol. The summed E-state index contributed by atoms with van der Waals surface area (Å²) in [7, 11) is 0. The molecule has 0 radical (unpaired) electrons. The van der Waals surface area contributed by atoms with Crippen LogP contribution in [0.3, 0.4) is 0 Å². The first-order valence-electron chi connectivity index (χ1n) is 7.86. The molecule has 23 heavy (non-hydrogen) atoms. The average molecular weight is 311 g/mol. The van der Waals surface area contributed by atoms with Gasteiger partial charge in [0.2, 0.25) is 0 Å². The lowest BCUT2D eigenvalue weighted by atomic mass is 10.1. The van der Waals surface area contributed by atoms with E-state index in [1.807, 2.05) is 41.1 Å². The molecule has 4 nitrogen and oxygen atoms in total. The topological polar surface area (TPSA) is 29.8 Å². The lowest BCUT2D eigenvalue weighted by molar-refractivity contribution is 0.273. The molecule has 0 saturated carbocycles. The molecule has 118 valence electrons. The van der Waals surface area contributed by atoms with Gasteiger partial charge in [0, 0.05) is 42.8 Å². The van der Waals surface area contributed by atoms with Gasteiger partial charge in [-0.2, -0.15) is 0 Å². The Labute approximate surface area is 134 Å². The van der Waals surface area contributed by atoms with Gasteiger partial charge in [0.15, 0.2) is 0 Å². The second kappa shape index (κ2) is 5.91. The number of benzene rings is 1. The van der Waals surface area contributed by atoms with Crippen LogP contribution in [0, 0.1) is 0 Å². The molecule has 0 N–H and O–H groups in total. The number of hydrogen-bond acceptors (Lipinski definition) is 3. The molecule has 0 amide bonds. The first-order valence-corrected chi connectivity index (χ1v) is 7.86. The Morgan fingerprint density at radius 2 is 2.09 bits per heavy atom. The number of pyridine rings is 1. The number of anilines is 1. The summed E-state index contributed by atoms with van der Waals surface area (Å²) in [6.07, 6.45) is 5.31. The third-order valence-electron chi connectivity index (χ3n) is 4.14. The fraction of sp³-hybridized carbons (Fsp3) is 0.278. The van der Waals surface area contributed by atoms with Crippen molar-refractivity contribution in [3.05, 3.63) is 48.8 Å². The van der Waals surface area contributed by atoms with Crippen molar-refractivity contribution in [3.63, 3.8) is 0 Å². The van der Waals surface area contributed by atoms with Gasteiger partial charge in [0.1, 0.15) is 24.7 Å². The molecule has 4 rings (SSSR count). The summed E-state index contributed by atoms with van der Waals surface area (Å²) in [4.78, 5) is 7.06. The van der Waals surface area contributed by atoms with E-state index in [1.165, 1.54) is 12.1 Å². The summed E-state index contributed by atoms with van der Waals surface area (Å²) in [6, 6.07) is 11.9. The Kier molecular flexibility index (Phi) is 3.61. The number of halogens is 1. The number of fused-ring (bicyclic) bond motifs is 1. The van der Waals surface area contributed by atoms with E-state index < -0.39 is 6.67 Å². The van der Waals surface area contributed by atoms with Gasteiger partial charge in [0.25, 0.3) is 0 Å². The quantitative estimate of drug-likeness (QED) is 0.721. The molecule has 3 aromatic rings. The molecule has 3 heterocycles. The maximum Gasteiger partial charge on any atom is 0.139 e. The molecule has 1 fully saturated rings. The first-order chi connectivity index (χ1) is 11.3. The zero-order chi connectivity index (χ0) is 15.6. The number of nitrogens with zero attached hydrogens (tertiary/aromatic N) is 3. The standard InChI is InChI=1S/C18H18FN3O/c19-6-10-23-16-4-1-3-14(11-16)17-13-22-9-5-15(12-18(22)20-17)21-7-2-8-21/h1,3-5,9,11-13H,2,6-8,10H2. The Morgan fingerprint density at radius 3 is 2.87 bits per heavy atom. The maximum absolute atomic E-state index is 12.2. The maximum atomic E-state index is 12.2. The van der Waals surface area contributed by atoms with E-state index in [0.29, 0.717) is 5.75 Å². The zero-order valence-electron chi connectivity index (χ0n) is 12.8. The highest BCUT2D eigenvalue weighted by Gasteiger charge is 2.15. The second-order valence-corrected chi connectivity index (χ2v) is 5.68. The van der Waals surface area contributed by atoms with E-state index in [9.17, 15) is 4.39 Å². The van der Waals surface area contributed by atoms with Crippen molar-refractivity contribution in [2.75, 3.05) is 31.3 Å². The van der Waals surface area contributed by atoms with Gasteiger partial charge in [-0.15, -0.1) is 0 Å². The highest BCUT2D eigenvalue weighted by molar-refractivity contribution is 5.66. The van der Waals surface area contributed by atoms with Crippen molar-refractivity contribution >= 4 is 11.3 Å². The number of imidazole rings is 1. The van der Waals surface area contributed by atoms with Crippen molar-refractivity contribution in [1.29, 1.82) is 0 Å². The molecule has 0 atom stereocenters. The van der Waals surface area contributed by atoms with Gasteiger partial charge in [-0.25, -0.2) is 9.37 Å². The van der Waals surface area contributed by atoms with Crippen molar-refractivity contribution in [1.82, 2.24) is 9.38 Å². The zero-order valence-corrected chi connectivity index (χ0v) is 12.8. The van der Waals surface area contributed by atoms with E-state index >= 15 is 0 Å².